The molecule has 0 spiro atoms. The van der Waals surface area contributed by atoms with Gasteiger partial charge in [0.25, 0.3) is 0 Å². The predicted molar refractivity (Wildman–Crippen MR) is 72.0 cm³/mol. The van der Waals surface area contributed by atoms with Gasteiger partial charge in [0.05, 0.1) is 0 Å². The van der Waals surface area contributed by atoms with E-state index in [1.165, 1.54) is 5.39 Å². The highest BCUT2D eigenvalue weighted by Gasteiger charge is 2.07. The van der Waals surface area contributed by atoms with Gasteiger partial charge in [-0.1, -0.05) is 25.1 Å². The molecule has 17 heavy (non-hydrogen) atoms. The Bertz CT molecular complexity index is 590. The smallest absolute Gasteiger partial charge is 0.158 e. The van der Waals surface area contributed by atoms with Crippen LogP contribution in [0.1, 0.15) is 31.5 Å². The van der Waals surface area contributed by atoms with Crippen molar-refractivity contribution in [2.75, 3.05) is 0 Å². The summed E-state index contributed by atoms with van der Waals surface area (Å²) in [5.41, 5.74) is 4.17. The van der Waals surface area contributed by atoms with Crippen LogP contribution >= 0.6 is 0 Å². The molecule has 2 aromatic rings. The molecule has 2 heteroatoms. The van der Waals surface area contributed by atoms with Crippen LogP contribution in [-0.2, 0) is 4.79 Å². The molecule has 2 nitrogen and oxygen atoms in total. The largest absolute Gasteiger partial charge is 0.358 e. The molecular formula is C15H17NO. The van der Waals surface area contributed by atoms with Crippen molar-refractivity contribution in [3.63, 3.8) is 0 Å². The van der Waals surface area contributed by atoms with E-state index in [1.807, 2.05) is 39.0 Å². The molecule has 0 atom stereocenters. The van der Waals surface area contributed by atoms with Crippen LogP contribution in [0.15, 0.2) is 29.8 Å². The van der Waals surface area contributed by atoms with Crippen molar-refractivity contribution in [1.29, 1.82) is 0 Å². The van der Waals surface area contributed by atoms with Crippen molar-refractivity contribution in [2.24, 2.45) is 0 Å². The Morgan fingerprint density at radius 1 is 1.35 bits per heavy atom. The van der Waals surface area contributed by atoms with E-state index in [1.54, 1.807) is 0 Å². The standard InChI is InChI=1S/C15H17NO/c1-4-15(17)10(2)9-13-11(3)16-14-8-6-5-7-12(13)14/h5-9,16H,4H2,1-3H3/b10-9+. The summed E-state index contributed by atoms with van der Waals surface area (Å²) >= 11 is 0. The third-order valence-electron chi connectivity index (χ3n) is 3.07. The Morgan fingerprint density at radius 2 is 2.06 bits per heavy atom. The van der Waals surface area contributed by atoms with E-state index in [2.05, 4.69) is 17.1 Å². The first-order valence-electron chi connectivity index (χ1n) is 5.92. The summed E-state index contributed by atoms with van der Waals surface area (Å²) in [6.07, 6.45) is 2.55. The second-order valence-electron chi connectivity index (χ2n) is 4.31. The molecule has 0 amide bonds. The van der Waals surface area contributed by atoms with Crippen LogP contribution in [0.2, 0.25) is 0 Å². The molecule has 0 saturated carbocycles. The highest BCUT2D eigenvalue weighted by Crippen LogP contribution is 2.24. The topological polar surface area (TPSA) is 32.9 Å². The van der Waals surface area contributed by atoms with Crippen LogP contribution in [-0.4, -0.2) is 10.8 Å². The van der Waals surface area contributed by atoms with Gasteiger partial charge in [-0.3, -0.25) is 4.79 Å². The van der Waals surface area contributed by atoms with Crippen molar-refractivity contribution in [3.8, 4) is 0 Å². The molecule has 0 aliphatic rings. The number of aromatic nitrogens is 1. The number of aryl methyl sites for hydroxylation is 1. The first kappa shape index (κ1) is 11.6. The van der Waals surface area contributed by atoms with E-state index in [-0.39, 0.29) is 5.78 Å². The SMILES string of the molecule is CCC(=O)/C(C)=C/c1c(C)[nH]c2ccccc12. The number of ketones is 1. The fourth-order valence-corrected chi connectivity index (χ4v) is 2.06. The quantitative estimate of drug-likeness (QED) is 0.793. The first-order chi connectivity index (χ1) is 8.13. The predicted octanol–water partition coefficient (Wildman–Crippen LogP) is 3.86. The Balaban J connectivity index is 2.56. The first-order valence-corrected chi connectivity index (χ1v) is 5.92. The van der Waals surface area contributed by atoms with Crippen molar-refractivity contribution in [1.82, 2.24) is 4.98 Å². The summed E-state index contributed by atoms with van der Waals surface area (Å²) in [6, 6.07) is 8.16. The number of para-hydroxylation sites is 1. The average Bonchev–Trinajstić information content (AvgIpc) is 2.65. The maximum absolute atomic E-state index is 11.6. The molecule has 0 saturated heterocycles. The number of aromatic amines is 1. The molecule has 0 aliphatic carbocycles. The lowest BCUT2D eigenvalue weighted by molar-refractivity contribution is -0.115. The summed E-state index contributed by atoms with van der Waals surface area (Å²) in [4.78, 5) is 14.9. The summed E-state index contributed by atoms with van der Waals surface area (Å²) in [5, 5.41) is 1.17. The Morgan fingerprint density at radius 3 is 2.76 bits per heavy atom. The molecular weight excluding hydrogens is 210 g/mol. The van der Waals surface area contributed by atoms with Crippen LogP contribution < -0.4 is 0 Å². The molecule has 0 fully saturated rings. The molecule has 2 rings (SSSR count). The van der Waals surface area contributed by atoms with Gasteiger partial charge in [-0.2, -0.15) is 0 Å². The normalized spacial score (nSPS) is 12.1. The van der Waals surface area contributed by atoms with Crippen LogP contribution in [0.4, 0.5) is 0 Å². The summed E-state index contributed by atoms with van der Waals surface area (Å²) in [7, 11) is 0. The van der Waals surface area contributed by atoms with Crippen molar-refractivity contribution in [2.45, 2.75) is 27.2 Å². The lowest BCUT2D eigenvalue weighted by Crippen LogP contribution is -1.96. The summed E-state index contributed by atoms with van der Waals surface area (Å²) < 4.78 is 0. The monoisotopic (exact) mass is 227 g/mol. The number of rotatable bonds is 3. The minimum Gasteiger partial charge on any atom is -0.358 e. The van der Waals surface area contributed by atoms with Crippen LogP contribution in [0, 0.1) is 6.92 Å². The maximum Gasteiger partial charge on any atom is 0.158 e. The second kappa shape index (κ2) is 4.58. The summed E-state index contributed by atoms with van der Waals surface area (Å²) in [5.74, 6) is 0.203. The molecule has 1 heterocycles. The number of nitrogens with one attached hydrogen (secondary N) is 1. The minimum absolute atomic E-state index is 0.203. The number of Topliss-reactive ketones (excluding diaryl/α,β-unsaturated/α-hetero) is 1. The fourth-order valence-electron chi connectivity index (χ4n) is 2.06. The van der Waals surface area contributed by atoms with Gasteiger partial charge in [-0.15, -0.1) is 0 Å². The maximum atomic E-state index is 11.6. The highest BCUT2D eigenvalue weighted by atomic mass is 16.1. The van der Waals surface area contributed by atoms with Crippen LogP contribution in [0.25, 0.3) is 17.0 Å². The Labute approximate surface area is 101 Å². The van der Waals surface area contributed by atoms with Crippen molar-refractivity contribution >= 4 is 22.8 Å². The van der Waals surface area contributed by atoms with Gasteiger partial charge in [0.2, 0.25) is 0 Å². The zero-order valence-corrected chi connectivity index (χ0v) is 10.5. The van der Waals surface area contributed by atoms with E-state index >= 15 is 0 Å². The number of hydrogen-bond donors (Lipinski definition) is 1. The zero-order valence-electron chi connectivity index (χ0n) is 10.5. The molecule has 1 aromatic carbocycles. The number of carbonyl (C=O) groups is 1. The van der Waals surface area contributed by atoms with Crippen molar-refractivity contribution < 1.29 is 4.79 Å². The van der Waals surface area contributed by atoms with E-state index in [0.717, 1.165) is 22.3 Å². The fraction of sp³-hybridized carbons (Fsp3) is 0.267. The van der Waals surface area contributed by atoms with Gasteiger partial charge in [-0.25, -0.2) is 0 Å². The molecule has 0 aliphatic heterocycles. The number of carbonyl (C=O) groups excluding carboxylic acids is 1. The third kappa shape index (κ3) is 2.16. The number of benzene rings is 1. The molecule has 0 bridgehead atoms. The molecule has 88 valence electrons. The van der Waals surface area contributed by atoms with Gasteiger partial charge in [0, 0.05) is 28.6 Å². The summed E-state index contributed by atoms with van der Waals surface area (Å²) in [6.45, 7) is 5.81. The molecule has 1 aromatic heterocycles. The van der Waals surface area contributed by atoms with Crippen LogP contribution in [0.5, 0.6) is 0 Å². The number of H-pyrrole nitrogens is 1. The average molecular weight is 227 g/mol. The van der Waals surface area contributed by atoms with Gasteiger partial charge in [0.15, 0.2) is 5.78 Å². The lowest BCUT2D eigenvalue weighted by Gasteiger charge is -1.98. The highest BCUT2D eigenvalue weighted by molar-refractivity contribution is 6.01. The van der Waals surface area contributed by atoms with Crippen molar-refractivity contribution in [3.05, 3.63) is 41.1 Å². The molecule has 1 N–H and O–H groups in total. The van der Waals surface area contributed by atoms with E-state index < -0.39 is 0 Å². The molecule has 0 unspecified atom stereocenters. The van der Waals surface area contributed by atoms with Gasteiger partial charge in [-0.05, 0) is 31.6 Å². The Hall–Kier alpha value is -1.83. The number of hydrogen-bond acceptors (Lipinski definition) is 1. The van der Waals surface area contributed by atoms with Gasteiger partial charge < -0.3 is 4.98 Å². The number of allylic oxidation sites excluding steroid dienone is 1. The third-order valence-corrected chi connectivity index (χ3v) is 3.07. The van der Waals surface area contributed by atoms with E-state index in [9.17, 15) is 4.79 Å². The lowest BCUT2D eigenvalue weighted by atomic mass is 10.0. The second-order valence-corrected chi connectivity index (χ2v) is 4.31. The van der Waals surface area contributed by atoms with E-state index in [0.29, 0.717) is 6.42 Å². The van der Waals surface area contributed by atoms with Crippen LogP contribution in [0.3, 0.4) is 0 Å². The molecule has 0 radical (unpaired) electrons. The minimum atomic E-state index is 0.203. The number of fused-ring (bicyclic) bond motifs is 1. The van der Waals surface area contributed by atoms with Gasteiger partial charge >= 0.3 is 0 Å². The Kier molecular flexibility index (Phi) is 3.14. The zero-order chi connectivity index (χ0) is 12.4. The van der Waals surface area contributed by atoms with Gasteiger partial charge in [0.1, 0.15) is 0 Å². The van der Waals surface area contributed by atoms with E-state index in [4.69, 9.17) is 0 Å².